The molecule has 0 amide bonds. The summed E-state index contributed by atoms with van der Waals surface area (Å²) < 4.78 is 5.83. The molecule has 1 aliphatic rings. The van der Waals surface area contributed by atoms with E-state index < -0.39 is 0 Å². The van der Waals surface area contributed by atoms with Crippen LogP contribution in [-0.2, 0) is 6.61 Å². The summed E-state index contributed by atoms with van der Waals surface area (Å²) >= 11 is 0. The number of nitrogens with two attached hydrogens (primary N) is 1. The lowest BCUT2D eigenvalue weighted by molar-refractivity contribution is 0.198. The van der Waals surface area contributed by atoms with Crippen LogP contribution < -0.4 is 10.5 Å². The number of hydrogen-bond donors (Lipinski definition) is 1. The van der Waals surface area contributed by atoms with Gasteiger partial charge in [-0.3, -0.25) is 0 Å². The highest BCUT2D eigenvalue weighted by atomic mass is 16.5. The molecule has 0 aromatic heterocycles. The Kier molecular flexibility index (Phi) is 4.26. The molecule has 2 aromatic rings. The second-order valence-electron chi connectivity index (χ2n) is 5.92. The maximum atomic E-state index is 6.08. The van der Waals surface area contributed by atoms with E-state index in [1.54, 1.807) is 0 Å². The Morgan fingerprint density at radius 2 is 1.76 bits per heavy atom. The second kappa shape index (κ2) is 6.31. The Bertz CT molecular complexity index is 564. The van der Waals surface area contributed by atoms with Crippen LogP contribution in [0.15, 0.2) is 54.6 Å². The average molecular weight is 281 g/mol. The predicted octanol–water partition coefficient (Wildman–Crippen LogP) is 4.11. The minimum atomic E-state index is 0.383. The largest absolute Gasteiger partial charge is 0.489 e. The molecule has 1 saturated carbocycles. The molecule has 0 bridgehead atoms. The van der Waals surface area contributed by atoms with Gasteiger partial charge in [0.25, 0.3) is 0 Å². The molecule has 2 aromatic carbocycles. The fraction of sp³-hybridized carbons (Fsp3) is 0.368. The quantitative estimate of drug-likeness (QED) is 0.895. The van der Waals surface area contributed by atoms with Gasteiger partial charge in [0.2, 0.25) is 0 Å². The van der Waals surface area contributed by atoms with Crippen molar-refractivity contribution < 1.29 is 4.74 Å². The Labute approximate surface area is 126 Å². The van der Waals surface area contributed by atoms with E-state index in [0.717, 1.165) is 18.6 Å². The van der Waals surface area contributed by atoms with Crippen molar-refractivity contribution in [2.24, 2.45) is 11.7 Å². The van der Waals surface area contributed by atoms with Crippen molar-refractivity contribution in [2.75, 3.05) is 0 Å². The Morgan fingerprint density at radius 3 is 2.38 bits per heavy atom. The highest BCUT2D eigenvalue weighted by Gasteiger charge is 2.37. The first kappa shape index (κ1) is 14.2. The summed E-state index contributed by atoms with van der Waals surface area (Å²) in [6.45, 7) is 2.85. The van der Waals surface area contributed by atoms with Gasteiger partial charge in [0.15, 0.2) is 0 Å². The Balaban J connectivity index is 1.60. The number of rotatable bonds is 5. The van der Waals surface area contributed by atoms with Gasteiger partial charge >= 0.3 is 0 Å². The van der Waals surface area contributed by atoms with Gasteiger partial charge in [0.1, 0.15) is 12.4 Å². The topological polar surface area (TPSA) is 35.2 Å². The number of benzene rings is 2. The Hall–Kier alpha value is -1.80. The summed E-state index contributed by atoms with van der Waals surface area (Å²) in [5, 5.41) is 0. The standard InChI is InChI=1S/C19H23NO/c1-2-17-18(12-19(17)20)15-8-10-16(11-9-15)21-13-14-6-4-3-5-7-14/h3-11,17-19H,2,12-13,20H2,1H3. The van der Waals surface area contributed by atoms with E-state index in [9.17, 15) is 0 Å². The number of ether oxygens (including phenoxy) is 1. The van der Waals surface area contributed by atoms with Crippen LogP contribution in [0, 0.1) is 5.92 Å². The molecule has 0 saturated heterocycles. The van der Waals surface area contributed by atoms with Crippen LogP contribution in [0.4, 0.5) is 0 Å². The molecule has 0 aliphatic heterocycles. The molecule has 2 heteroatoms. The van der Waals surface area contributed by atoms with E-state index >= 15 is 0 Å². The molecule has 110 valence electrons. The van der Waals surface area contributed by atoms with E-state index in [0.29, 0.717) is 24.5 Å². The highest BCUT2D eigenvalue weighted by Crippen LogP contribution is 2.43. The lowest BCUT2D eigenvalue weighted by Gasteiger charge is -2.42. The van der Waals surface area contributed by atoms with Gasteiger partial charge in [-0.1, -0.05) is 55.8 Å². The zero-order valence-electron chi connectivity index (χ0n) is 12.5. The molecule has 2 N–H and O–H groups in total. The van der Waals surface area contributed by atoms with Crippen LogP contribution in [0.1, 0.15) is 36.8 Å². The fourth-order valence-corrected chi connectivity index (χ4v) is 3.27. The first-order valence-electron chi connectivity index (χ1n) is 7.80. The van der Waals surface area contributed by atoms with Crippen LogP contribution >= 0.6 is 0 Å². The maximum Gasteiger partial charge on any atom is 0.119 e. The van der Waals surface area contributed by atoms with Crippen molar-refractivity contribution in [1.82, 2.24) is 0 Å². The molecule has 0 spiro atoms. The van der Waals surface area contributed by atoms with Crippen molar-refractivity contribution in [3.8, 4) is 5.75 Å². The van der Waals surface area contributed by atoms with E-state index in [1.165, 1.54) is 11.1 Å². The monoisotopic (exact) mass is 281 g/mol. The van der Waals surface area contributed by atoms with Crippen molar-refractivity contribution in [1.29, 1.82) is 0 Å². The van der Waals surface area contributed by atoms with Crippen molar-refractivity contribution >= 4 is 0 Å². The molecule has 1 aliphatic carbocycles. The van der Waals surface area contributed by atoms with Crippen LogP contribution in [0.3, 0.4) is 0 Å². The molecule has 0 radical (unpaired) electrons. The minimum absolute atomic E-state index is 0.383. The highest BCUT2D eigenvalue weighted by molar-refractivity contribution is 5.32. The lowest BCUT2D eigenvalue weighted by atomic mass is 9.65. The minimum Gasteiger partial charge on any atom is -0.489 e. The third-order valence-electron chi connectivity index (χ3n) is 4.62. The average Bonchev–Trinajstić information content (AvgIpc) is 2.52. The number of hydrogen-bond acceptors (Lipinski definition) is 2. The summed E-state index contributed by atoms with van der Waals surface area (Å²) in [5.41, 5.74) is 8.67. The summed E-state index contributed by atoms with van der Waals surface area (Å²) in [4.78, 5) is 0. The van der Waals surface area contributed by atoms with Gasteiger partial charge in [-0.2, -0.15) is 0 Å². The summed E-state index contributed by atoms with van der Waals surface area (Å²) in [5.74, 6) is 2.20. The van der Waals surface area contributed by atoms with E-state index in [4.69, 9.17) is 10.5 Å². The molecule has 3 unspecified atom stereocenters. The normalized spacial score (nSPS) is 24.4. The molecule has 3 atom stereocenters. The van der Waals surface area contributed by atoms with Crippen molar-refractivity contribution in [3.63, 3.8) is 0 Å². The predicted molar refractivity (Wildman–Crippen MR) is 86.3 cm³/mol. The molecule has 3 rings (SSSR count). The summed E-state index contributed by atoms with van der Waals surface area (Å²) in [6.07, 6.45) is 2.28. The van der Waals surface area contributed by atoms with Crippen LogP contribution in [0.5, 0.6) is 5.75 Å². The van der Waals surface area contributed by atoms with Gasteiger partial charge in [-0.25, -0.2) is 0 Å². The summed E-state index contributed by atoms with van der Waals surface area (Å²) in [6, 6.07) is 19.2. The van der Waals surface area contributed by atoms with Crippen LogP contribution in [-0.4, -0.2) is 6.04 Å². The third-order valence-corrected chi connectivity index (χ3v) is 4.62. The third kappa shape index (κ3) is 3.11. The van der Waals surface area contributed by atoms with Crippen molar-refractivity contribution in [2.45, 2.75) is 38.3 Å². The van der Waals surface area contributed by atoms with E-state index in [2.05, 4.69) is 43.3 Å². The molecule has 0 heterocycles. The van der Waals surface area contributed by atoms with Gasteiger partial charge in [0, 0.05) is 6.04 Å². The zero-order chi connectivity index (χ0) is 14.7. The first-order chi connectivity index (χ1) is 10.3. The second-order valence-corrected chi connectivity index (χ2v) is 5.92. The molecular formula is C19H23NO. The summed E-state index contributed by atoms with van der Waals surface area (Å²) in [7, 11) is 0. The fourth-order valence-electron chi connectivity index (χ4n) is 3.27. The molecule has 2 nitrogen and oxygen atoms in total. The van der Waals surface area contributed by atoms with Crippen molar-refractivity contribution in [3.05, 3.63) is 65.7 Å². The van der Waals surface area contributed by atoms with Crippen LogP contribution in [0.2, 0.25) is 0 Å². The SMILES string of the molecule is CCC1C(N)CC1c1ccc(OCc2ccccc2)cc1. The van der Waals surface area contributed by atoms with Crippen LogP contribution in [0.25, 0.3) is 0 Å². The molecule has 21 heavy (non-hydrogen) atoms. The molecular weight excluding hydrogens is 258 g/mol. The van der Waals surface area contributed by atoms with Gasteiger partial charge in [-0.05, 0) is 41.5 Å². The van der Waals surface area contributed by atoms with Gasteiger partial charge in [0.05, 0.1) is 0 Å². The van der Waals surface area contributed by atoms with Gasteiger partial charge in [-0.15, -0.1) is 0 Å². The smallest absolute Gasteiger partial charge is 0.119 e. The molecule has 1 fully saturated rings. The van der Waals surface area contributed by atoms with Gasteiger partial charge < -0.3 is 10.5 Å². The van der Waals surface area contributed by atoms with E-state index in [1.807, 2.05) is 18.2 Å². The van der Waals surface area contributed by atoms with E-state index in [-0.39, 0.29) is 0 Å². The first-order valence-corrected chi connectivity index (χ1v) is 7.80. The lowest BCUT2D eigenvalue weighted by Crippen LogP contribution is -2.45. The maximum absolute atomic E-state index is 6.08. The zero-order valence-corrected chi connectivity index (χ0v) is 12.5. The Morgan fingerprint density at radius 1 is 1.05 bits per heavy atom.